The second-order valence-corrected chi connectivity index (χ2v) is 5.59. The van der Waals surface area contributed by atoms with Gasteiger partial charge in [0.1, 0.15) is 12.4 Å². The molecule has 8 nitrogen and oxygen atoms in total. The maximum atomic E-state index is 12.0. The number of benzene rings is 1. The molecule has 1 heterocycles. The van der Waals surface area contributed by atoms with Crippen molar-refractivity contribution in [2.24, 2.45) is 0 Å². The Morgan fingerprint density at radius 2 is 2.00 bits per heavy atom. The predicted molar refractivity (Wildman–Crippen MR) is 88.4 cm³/mol. The zero-order valence-corrected chi connectivity index (χ0v) is 14.2. The Hall–Kier alpha value is -2.61. The van der Waals surface area contributed by atoms with Crippen LogP contribution in [-0.4, -0.2) is 50.4 Å². The van der Waals surface area contributed by atoms with E-state index < -0.39 is 24.0 Å². The van der Waals surface area contributed by atoms with E-state index in [0.29, 0.717) is 12.4 Å². The van der Waals surface area contributed by atoms with E-state index in [2.05, 4.69) is 5.32 Å². The number of hydrogen-bond donors (Lipinski definition) is 2. The first kappa shape index (κ1) is 18.7. The summed E-state index contributed by atoms with van der Waals surface area (Å²) < 4.78 is 16.1. The minimum absolute atomic E-state index is 0.115. The van der Waals surface area contributed by atoms with Gasteiger partial charge in [-0.1, -0.05) is 0 Å². The van der Waals surface area contributed by atoms with Gasteiger partial charge < -0.3 is 19.5 Å². The van der Waals surface area contributed by atoms with Crippen molar-refractivity contribution in [3.05, 3.63) is 29.8 Å². The lowest BCUT2D eigenvalue weighted by Crippen LogP contribution is -2.43. The van der Waals surface area contributed by atoms with E-state index in [1.54, 1.807) is 24.3 Å². The van der Waals surface area contributed by atoms with E-state index >= 15 is 0 Å². The maximum Gasteiger partial charge on any atom is 0.338 e. The van der Waals surface area contributed by atoms with Crippen LogP contribution in [-0.2, 0) is 14.3 Å². The van der Waals surface area contributed by atoms with Crippen LogP contribution < -0.4 is 15.4 Å². The molecule has 0 unspecified atom stereocenters. The summed E-state index contributed by atoms with van der Waals surface area (Å²) in [6, 6.07) is 5.75. The fourth-order valence-corrected chi connectivity index (χ4v) is 2.21. The third-order valence-electron chi connectivity index (χ3n) is 3.67. The van der Waals surface area contributed by atoms with Gasteiger partial charge in [-0.2, -0.15) is 0 Å². The Balaban J connectivity index is 1.82. The molecule has 8 heteroatoms. The zero-order valence-electron chi connectivity index (χ0n) is 14.2. The van der Waals surface area contributed by atoms with Crippen LogP contribution in [0.5, 0.6) is 5.75 Å². The third-order valence-corrected chi connectivity index (χ3v) is 3.67. The molecule has 2 atom stereocenters. The van der Waals surface area contributed by atoms with Gasteiger partial charge in [0, 0.05) is 13.7 Å². The summed E-state index contributed by atoms with van der Waals surface area (Å²) in [4.78, 5) is 34.8. The van der Waals surface area contributed by atoms with E-state index in [9.17, 15) is 14.4 Å². The number of nitrogens with one attached hydrogen (secondary N) is 2. The van der Waals surface area contributed by atoms with Gasteiger partial charge in [-0.3, -0.25) is 10.1 Å². The topological polar surface area (TPSA) is 103 Å². The number of ether oxygens (including phenoxy) is 3. The predicted octanol–water partition coefficient (Wildman–Crippen LogP) is 1.25. The number of rotatable bonds is 6. The molecule has 0 aromatic heterocycles. The average molecular weight is 350 g/mol. The first-order valence-corrected chi connectivity index (χ1v) is 8.07. The van der Waals surface area contributed by atoms with E-state index in [4.69, 9.17) is 14.2 Å². The smallest absolute Gasteiger partial charge is 0.338 e. The Labute approximate surface area is 145 Å². The van der Waals surface area contributed by atoms with Crippen LogP contribution in [0, 0.1) is 0 Å². The fourth-order valence-electron chi connectivity index (χ4n) is 2.21. The molecule has 2 rings (SSSR count). The van der Waals surface area contributed by atoms with Gasteiger partial charge in [-0.05, 0) is 44.0 Å². The van der Waals surface area contributed by atoms with E-state index in [0.717, 1.165) is 19.4 Å². The summed E-state index contributed by atoms with van der Waals surface area (Å²) in [7, 11) is 1.38. The molecule has 1 fully saturated rings. The number of amides is 3. The molecule has 0 aliphatic carbocycles. The number of hydrogen-bond acceptors (Lipinski definition) is 6. The van der Waals surface area contributed by atoms with Crippen LogP contribution in [0.3, 0.4) is 0 Å². The van der Waals surface area contributed by atoms with Gasteiger partial charge in [0.2, 0.25) is 0 Å². The lowest BCUT2D eigenvalue weighted by molar-refractivity contribution is -0.127. The number of carbonyl (C=O) groups is 3. The second kappa shape index (κ2) is 9.03. The van der Waals surface area contributed by atoms with Crippen LogP contribution in [0.25, 0.3) is 0 Å². The Bertz CT molecular complexity index is 610. The van der Waals surface area contributed by atoms with Gasteiger partial charge in [0.05, 0.1) is 11.7 Å². The van der Waals surface area contributed by atoms with Crippen molar-refractivity contribution in [3.63, 3.8) is 0 Å². The summed E-state index contributed by atoms with van der Waals surface area (Å²) in [6.07, 6.45) is 1.05. The largest absolute Gasteiger partial charge is 0.491 e. The number of esters is 1. The van der Waals surface area contributed by atoms with Gasteiger partial charge in [0.25, 0.3) is 5.91 Å². The lowest BCUT2D eigenvalue weighted by atomic mass is 10.2. The van der Waals surface area contributed by atoms with Crippen molar-refractivity contribution < 1.29 is 28.6 Å². The molecule has 136 valence electrons. The highest BCUT2D eigenvalue weighted by Crippen LogP contribution is 2.17. The second-order valence-electron chi connectivity index (χ2n) is 5.59. The number of urea groups is 1. The summed E-state index contributed by atoms with van der Waals surface area (Å²) >= 11 is 0. The normalized spacial score (nSPS) is 17.4. The summed E-state index contributed by atoms with van der Waals surface area (Å²) in [5.74, 6) is -0.744. The highest BCUT2D eigenvalue weighted by Gasteiger charge is 2.20. The van der Waals surface area contributed by atoms with Crippen molar-refractivity contribution in [1.29, 1.82) is 0 Å². The molecule has 0 bridgehead atoms. The maximum absolute atomic E-state index is 12.0. The molecule has 0 spiro atoms. The number of imide groups is 1. The monoisotopic (exact) mass is 350 g/mol. The summed E-state index contributed by atoms with van der Waals surface area (Å²) in [5.41, 5.74) is 0.282. The minimum Gasteiger partial charge on any atom is -0.491 e. The van der Waals surface area contributed by atoms with Crippen molar-refractivity contribution in [2.45, 2.75) is 32.0 Å². The molecule has 1 aliphatic heterocycles. The molecule has 0 radical (unpaired) electrons. The standard InChI is InChI=1S/C17H22N2O6/c1-11(15(20)19-17(22)18-2)25-16(21)12-5-7-13(8-6-12)24-10-14-4-3-9-23-14/h5-8,11,14H,3-4,9-10H2,1-2H3,(H2,18,19,20,22)/t11-,14+/m0/s1. The summed E-state index contributed by atoms with van der Waals surface area (Å²) in [6.45, 7) is 2.63. The molecule has 1 aromatic rings. The van der Waals surface area contributed by atoms with Crippen LogP contribution in [0.1, 0.15) is 30.1 Å². The molecule has 1 saturated heterocycles. The SMILES string of the molecule is CNC(=O)NC(=O)[C@H](C)OC(=O)c1ccc(OC[C@H]2CCCO2)cc1. The third kappa shape index (κ3) is 5.75. The van der Waals surface area contributed by atoms with Crippen LogP contribution in [0.4, 0.5) is 4.79 Å². The van der Waals surface area contributed by atoms with Crippen LogP contribution in [0.2, 0.25) is 0 Å². The Morgan fingerprint density at radius 3 is 2.60 bits per heavy atom. The van der Waals surface area contributed by atoms with Crippen molar-refractivity contribution in [1.82, 2.24) is 10.6 Å². The highest BCUT2D eigenvalue weighted by atomic mass is 16.5. The molecule has 0 saturated carbocycles. The zero-order chi connectivity index (χ0) is 18.2. The first-order valence-electron chi connectivity index (χ1n) is 8.07. The van der Waals surface area contributed by atoms with E-state index in [1.165, 1.54) is 14.0 Å². The summed E-state index contributed by atoms with van der Waals surface area (Å²) in [5, 5.41) is 4.28. The molecular formula is C17H22N2O6. The van der Waals surface area contributed by atoms with E-state index in [-0.39, 0.29) is 11.7 Å². The average Bonchev–Trinajstić information content (AvgIpc) is 3.13. The van der Waals surface area contributed by atoms with Crippen molar-refractivity contribution in [2.75, 3.05) is 20.3 Å². The molecule has 3 amide bonds. The van der Waals surface area contributed by atoms with Crippen LogP contribution >= 0.6 is 0 Å². The van der Waals surface area contributed by atoms with Gasteiger partial charge in [-0.15, -0.1) is 0 Å². The Kier molecular flexibility index (Phi) is 6.76. The minimum atomic E-state index is -1.10. The molecular weight excluding hydrogens is 328 g/mol. The Morgan fingerprint density at radius 1 is 1.28 bits per heavy atom. The molecule has 1 aliphatic rings. The quantitative estimate of drug-likeness (QED) is 0.749. The van der Waals surface area contributed by atoms with Gasteiger partial charge in [-0.25, -0.2) is 9.59 Å². The number of carbonyl (C=O) groups excluding carboxylic acids is 3. The van der Waals surface area contributed by atoms with Crippen molar-refractivity contribution >= 4 is 17.9 Å². The van der Waals surface area contributed by atoms with Gasteiger partial charge >= 0.3 is 12.0 Å². The van der Waals surface area contributed by atoms with E-state index in [1.807, 2.05) is 5.32 Å². The fraction of sp³-hybridized carbons (Fsp3) is 0.471. The molecule has 25 heavy (non-hydrogen) atoms. The van der Waals surface area contributed by atoms with Crippen molar-refractivity contribution in [3.8, 4) is 5.75 Å². The molecule has 2 N–H and O–H groups in total. The van der Waals surface area contributed by atoms with Gasteiger partial charge in [0.15, 0.2) is 6.10 Å². The van der Waals surface area contributed by atoms with Crippen LogP contribution in [0.15, 0.2) is 24.3 Å². The lowest BCUT2D eigenvalue weighted by Gasteiger charge is -2.13. The first-order chi connectivity index (χ1) is 12.0. The highest BCUT2D eigenvalue weighted by molar-refractivity contribution is 5.98. The molecule has 1 aromatic carbocycles.